The smallest absolute Gasteiger partial charge is 0.180 e. The Morgan fingerprint density at radius 3 is 2.50 bits per heavy atom. The normalized spacial score (nSPS) is 32.0. The van der Waals surface area contributed by atoms with Crippen molar-refractivity contribution in [3.8, 4) is 0 Å². The summed E-state index contributed by atoms with van der Waals surface area (Å²) in [7, 11) is 0. The first kappa shape index (κ1) is 6.89. The van der Waals surface area contributed by atoms with Crippen LogP contribution in [0.4, 0.5) is 5.13 Å². The number of rotatable bonds is 0. The van der Waals surface area contributed by atoms with Gasteiger partial charge < -0.3 is 5.73 Å². The van der Waals surface area contributed by atoms with Crippen LogP contribution in [0.15, 0.2) is 0 Å². The number of nitrogen functional groups attached to an aromatic ring is 1. The van der Waals surface area contributed by atoms with Crippen LogP contribution in [0.1, 0.15) is 48.1 Å². The van der Waals surface area contributed by atoms with Crippen molar-refractivity contribution in [3.05, 3.63) is 10.6 Å². The molecule has 2 N–H and O–H groups in total. The predicted molar refractivity (Wildman–Crippen MR) is 50.5 cm³/mol. The van der Waals surface area contributed by atoms with Crippen molar-refractivity contribution in [2.45, 2.75) is 37.5 Å². The maximum Gasteiger partial charge on any atom is 0.180 e. The zero-order valence-corrected chi connectivity index (χ0v) is 7.73. The van der Waals surface area contributed by atoms with Crippen LogP contribution in [0.25, 0.3) is 0 Å². The molecule has 3 heteroatoms. The van der Waals surface area contributed by atoms with E-state index in [0.29, 0.717) is 0 Å². The molecule has 0 saturated heterocycles. The molecule has 3 aliphatic carbocycles. The van der Waals surface area contributed by atoms with E-state index in [1.807, 2.05) is 0 Å². The number of hydrogen-bond donors (Lipinski definition) is 1. The van der Waals surface area contributed by atoms with Gasteiger partial charge in [-0.25, -0.2) is 4.98 Å². The van der Waals surface area contributed by atoms with Gasteiger partial charge in [0.2, 0.25) is 0 Å². The van der Waals surface area contributed by atoms with Gasteiger partial charge in [-0.05, 0) is 31.6 Å². The zero-order chi connectivity index (χ0) is 8.13. The van der Waals surface area contributed by atoms with Gasteiger partial charge >= 0.3 is 0 Å². The van der Waals surface area contributed by atoms with Gasteiger partial charge in [0.15, 0.2) is 5.13 Å². The summed E-state index contributed by atoms with van der Waals surface area (Å²) in [5.74, 6) is 1.55. The van der Waals surface area contributed by atoms with Gasteiger partial charge in [-0.3, -0.25) is 0 Å². The highest BCUT2D eigenvalue weighted by Gasteiger charge is 2.35. The van der Waals surface area contributed by atoms with Crippen LogP contribution in [-0.2, 0) is 0 Å². The van der Waals surface area contributed by atoms with Crippen molar-refractivity contribution >= 4 is 16.5 Å². The number of anilines is 1. The molecule has 12 heavy (non-hydrogen) atoms. The molecule has 0 aliphatic heterocycles. The topological polar surface area (TPSA) is 38.9 Å². The van der Waals surface area contributed by atoms with E-state index in [0.717, 1.165) is 17.0 Å². The van der Waals surface area contributed by atoms with Gasteiger partial charge in [0, 0.05) is 10.8 Å². The molecule has 0 amide bonds. The molecule has 0 spiro atoms. The monoisotopic (exact) mass is 180 g/mol. The van der Waals surface area contributed by atoms with Gasteiger partial charge in [-0.1, -0.05) is 0 Å². The van der Waals surface area contributed by atoms with E-state index in [1.165, 1.54) is 36.3 Å². The maximum atomic E-state index is 5.72. The van der Waals surface area contributed by atoms with Gasteiger partial charge in [-0.15, -0.1) is 11.3 Å². The highest BCUT2D eigenvalue weighted by molar-refractivity contribution is 7.15. The first-order valence-electron chi connectivity index (χ1n) is 4.60. The first-order valence-corrected chi connectivity index (χ1v) is 5.42. The Morgan fingerprint density at radius 2 is 1.83 bits per heavy atom. The highest BCUT2D eigenvalue weighted by atomic mass is 32.1. The van der Waals surface area contributed by atoms with E-state index in [2.05, 4.69) is 4.98 Å². The van der Waals surface area contributed by atoms with E-state index in [-0.39, 0.29) is 0 Å². The number of nitrogens with two attached hydrogens (primary N) is 1. The molecule has 4 rings (SSSR count). The average molecular weight is 180 g/mol. The molecule has 0 atom stereocenters. The lowest BCUT2D eigenvalue weighted by molar-refractivity contribution is 0.358. The fourth-order valence-corrected chi connectivity index (χ4v) is 3.66. The van der Waals surface area contributed by atoms with E-state index in [1.54, 1.807) is 11.3 Å². The molecule has 3 aliphatic rings. The molecule has 1 saturated carbocycles. The molecule has 2 nitrogen and oxygen atoms in total. The number of aromatic nitrogens is 1. The molecule has 0 aromatic carbocycles. The standard InChI is InChI=1S/C9H12N2S/c10-9-11-7-5-1-3-6(4-2-5)8(7)12-9/h5-6H,1-4H2,(H2,10,11). The van der Waals surface area contributed by atoms with Crippen LogP contribution >= 0.6 is 11.3 Å². The lowest BCUT2D eigenvalue weighted by atomic mass is 9.73. The molecule has 1 aromatic rings. The van der Waals surface area contributed by atoms with Crippen LogP contribution in [0.3, 0.4) is 0 Å². The van der Waals surface area contributed by atoms with E-state index in [4.69, 9.17) is 5.73 Å². The largest absolute Gasteiger partial charge is 0.375 e. The molecule has 1 heterocycles. The maximum absolute atomic E-state index is 5.72. The van der Waals surface area contributed by atoms with Crippen molar-refractivity contribution in [1.29, 1.82) is 0 Å². The molecule has 1 aromatic heterocycles. The second kappa shape index (κ2) is 2.22. The molecule has 64 valence electrons. The Bertz CT molecular complexity index is 281. The third-order valence-electron chi connectivity index (χ3n) is 3.18. The van der Waals surface area contributed by atoms with Gasteiger partial charge in [-0.2, -0.15) is 0 Å². The van der Waals surface area contributed by atoms with Crippen molar-refractivity contribution in [3.63, 3.8) is 0 Å². The van der Waals surface area contributed by atoms with E-state index < -0.39 is 0 Å². The minimum absolute atomic E-state index is 0.749. The second-order valence-corrected chi connectivity index (χ2v) is 4.91. The molecular formula is C9H12N2S. The third kappa shape index (κ3) is 0.774. The van der Waals surface area contributed by atoms with Crippen LogP contribution in [0.2, 0.25) is 0 Å². The minimum atomic E-state index is 0.749. The summed E-state index contributed by atoms with van der Waals surface area (Å²) in [5, 5.41) is 0.777. The summed E-state index contributed by atoms with van der Waals surface area (Å²) in [6.07, 6.45) is 5.44. The van der Waals surface area contributed by atoms with Crippen LogP contribution in [0, 0.1) is 0 Å². The average Bonchev–Trinajstić information content (AvgIpc) is 2.49. The summed E-state index contributed by atoms with van der Waals surface area (Å²) in [6.45, 7) is 0. The Balaban J connectivity index is 2.18. The van der Waals surface area contributed by atoms with Crippen LogP contribution < -0.4 is 5.73 Å². The summed E-state index contributed by atoms with van der Waals surface area (Å²) in [5.41, 5.74) is 7.07. The van der Waals surface area contributed by atoms with Crippen LogP contribution in [-0.4, -0.2) is 4.98 Å². The van der Waals surface area contributed by atoms with Crippen molar-refractivity contribution in [2.75, 3.05) is 5.73 Å². The van der Waals surface area contributed by atoms with E-state index >= 15 is 0 Å². The lowest BCUT2D eigenvalue weighted by Crippen LogP contribution is -2.20. The fraction of sp³-hybridized carbons (Fsp3) is 0.667. The Hall–Kier alpha value is -0.570. The van der Waals surface area contributed by atoms with E-state index in [9.17, 15) is 0 Å². The second-order valence-electron chi connectivity index (χ2n) is 3.85. The molecular weight excluding hydrogens is 168 g/mol. The van der Waals surface area contributed by atoms with Gasteiger partial charge in [0.05, 0.1) is 5.69 Å². The number of thiazole rings is 1. The van der Waals surface area contributed by atoms with Crippen molar-refractivity contribution in [1.82, 2.24) is 4.98 Å². The lowest BCUT2D eigenvalue weighted by Gasteiger charge is -2.34. The predicted octanol–water partition coefficient (Wildman–Crippen LogP) is 2.48. The van der Waals surface area contributed by atoms with Crippen molar-refractivity contribution < 1.29 is 0 Å². The summed E-state index contributed by atoms with van der Waals surface area (Å²) >= 11 is 1.72. The minimum Gasteiger partial charge on any atom is -0.375 e. The highest BCUT2D eigenvalue weighted by Crippen LogP contribution is 2.51. The van der Waals surface area contributed by atoms with Crippen LogP contribution in [0.5, 0.6) is 0 Å². The van der Waals surface area contributed by atoms with Gasteiger partial charge in [0.1, 0.15) is 0 Å². The summed E-state index contributed by atoms with van der Waals surface area (Å²) in [4.78, 5) is 5.94. The van der Waals surface area contributed by atoms with Gasteiger partial charge in [0.25, 0.3) is 0 Å². The summed E-state index contributed by atoms with van der Waals surface area (Å²) < 4.78 is 0. The first-order chi connectivity index (χ1) is 5.84. The number of hydrogen-bond acceptors (Lipinski definition) is 3. The SMILES string of the molecule is Nc1nc2c(s1)C1CCC2CC1. The molecule has 1 fully saturated rings. The van der Waals surface area contributed by atoms with Crippen molar-refractivity contribution in [2.24, 2.45) is 0 Å². The number of nitrogens with zero attached hydrogens (tertiary/aromatic N) is 1. The Kier molecular flexibility index (Phi) is 1.28. The molecule has 0 unspecified atom stereocenters. The zero-order valence-electron chi connectivity index (χ0n) is 6.92. The Morgan fingerprint density at radius 1 is 1.17 bits per heavy atom. The molecule has 0 radical (unpaired) electrons. The Labute approximate surface area is 75.8 Å². The number of fused-ring (bicyclic) bond motifs is 2. The summed E-state index contributed by atoms with van der Waals surface area (Å²) in [6, 6.07) is 0. The quantitative estimate of drug-likeness (QED) is 0.666. The fourth-order valence-electron chi connectivity index (χ4n) is 2.58. The third-order valence-corrected chi connectivity index (χ3v) is 4.25. The molecule has 2 bridgehead atoms.